The van der Waals surface area contributed by atoms with Crippen molar-refractivity contribution in [1.82, 2.24) is 5.32 Å². The van der Waals surface area contributed by atoms with Crippen molar-refractivity contribution in [3.8, 4) is 0 Å². The summed E-state index contributed by atoms with van der Waals surface area (Å²) < 4.78 is 0. The van der Waals surface area contributed by atoms with Crippen LogP contribution >= 0.6 is 0 Å². The van der Waals surface area contributed by atoms with E-state index in [0.29, 0.717) is 0 Å². The second kappa shape index (κ2) is 10.5. The fourth-order valence-electron chi connectivity index (χ4n) is 1.48. The summed E-state index contributed by atoms with van der Waals surface area (Å²) in [5.74, 6) is 0. The Labute approximate surface area is 89.3 Å². The Hall–Kier alpha value is -0.560. The number of hydrogen-bond donors (Lipinski definition) is 1. The first-order valence-electron chi connectivity index (χ1n) is 5.93. The molecule has 1 aliphatic rings. The highest BCUT2D eigenvalue weighted by Crippen LogP contribution is 2.15. The maximum Gasteiger partial charge on any atom is -0.00518 e. The van der Waals surface area contributed by atoms with E-state index >= 15 is 0 Å². The maximum absolute atomic E-state index is 3.17. The smallest absolute Gasteiger partial charge is 0.00518 e. The average molecular weight is 195 g/mol. The van der Waals surface area contributed by atoms with Crippen LogP contribution < -0.4 is 5.32 Å². The molecule has 0 aromatic carbocycles. The third kappa shape index (κ3) is 6.90. The summed E-state index contributed by atoms with van der Waals surface area (Å²) in [5, 5.41) is 3.17. The summed E-state index contributed by atoms with van der Waals surface area (Å²) in [6.45, 7) is 5.15. The van der Waals surface area contributed by atoms with E-state index in [0.717, 1.165) is 6.54 Å². The molecule has 1 aliphatic carbocycles. The molecule has 1 rings (SSSR count). The molecule has 0 aliphatic heterocycles. The minimum atomic E-state index is 1.15. The highest BCUT2D eigenvalue weighted by Gasteiger charge is 1.96. The molecule has 14 heavy (non-hydrogen) atoms. The van der Waals surface area contributed by atoms with Crippen LogP contribution in [0.15, 0.2) is 23.8 Å². The summed E-state index contributed by atoms with van der Waals surface area (Å²) >= 11 is 0. The number of unbranched alkanes of at least 4 members (excludes halogenated alkanes) is 1. The van der Waals surface area contributed by atoms with Gasteiger partial charge in [-0.15, -0.1) is 0 Å². The summed E-state index contributed by atoms with van der Waals surface area (Å²) in [5.41, 5.74) is 1.54. The van der Waals surface area contributed by atoms with Crippen molar-refractivity contribution in [3.63, 3.8) is 0 Å². The summed E-state index contributed by atoms with van der Waals surface area (Å²) in [6, 6.07) is 0. The van der Waals surface area contributed by atoms with Crippen molar-refractivity contribution >= 4 is 0 Å². The molecule has 0 aromatic rings. The Morgan fingerprint density at radius 1 is 1.21 bits per heavy atom. The van der Waals surface area contributed by atoms with Crippen LogP contribution in [0.5, 0.6) is 0 Å². The molecule has 0 amide bonds. The largest absolute Gasteiger partial charge is 0.320 e. The van der Waals surface area contributed by atoms with Crippen LogP contribution in [0.25, 0.3) is 0 Å². The molecule has 0 radical (unpaired) electrons. The first kappa shape index (κ1) is 13.4. The highest BCUT2D eigenvalue weighted by molar-refractivity contribution is 5.21. The molecular weight excluding hydrogens is 170 g/mol. The number of hydrogen-bond acceptors (Lipinski definition) is 1. The third-order valence-electron chi connectivity index (χ3n) is 2.21. The van der Waals surface area contributed by atoms with Crippen molar-refractivity contribution in [1.29, 1.82) is 0 Å². The van der Waals surface area contributed by atoms with E-state index in [1.54, 1.807) is 0 Å². The van der Waals surface area contributed by atoms with Gasteiger partial charge in [-0.25, -0.2) is 0 Å². The molecular formula is C13H25N. The molecule has 1 nitrogen and oxygen atoms in total. The van der Waals surface area contributed by atoms with Crippen molar-refractivity contribution in [2.24, 2.45) is 0 Å². The van der Waals surface area contributed by atoms with Gasteiger partial charge in [-0.2, -0.15) is 0 Å². The maximum atomic E-state index is 3.17. The summed E-state index contributed by atoms with van der Waals surface area (Å²) in [4.78, 5) is 0. The SMILES string of the molecule is CC.CNCCCCC1=CCCC=C1. The van der Waals surface area contributed by atoms with Crippen molar-refractivity contribution in [3.05, 3.63) is 23.8 Å². The first-order chi connectivity index (χ1) is 6.93. The standard InChI is InChI=1S/C11H19N.C2H6/c1-12-10-6-5-9-11-7-3-2-4-8-11;1-2/h3,7-8,12H,2,4-6,9-10H2,1H3;1-2H3. The predicted octanol–water partition coefficient (Wildman–Crippen LogP) is 3.68. The van der Waals surface area contributed by atoms with Crippen LogP contribution in [0.2, 0.25) is 0 Å². The molecule has 1 heteroatoms. The lowest BCUT2D eigenvalue weighted by Crippen LogP contribution is -2.07. The summed E-state index contributed by atoms with van der Waals surface area (Å²) in [7, 11) is 2.01. The lowest BCUT2D eigenvalue weighted by molar-refractivity contribution is 0.676. The van der Waals surface area contributed by atoms with E-state index in [4.69, 9.17) is 0 Å². The Morgan fingerprint density at radius 3 is 2.57 bits per heavy atom. The van der Waals surface area contributed by atoms with Crippen molar-refractivity contribution in [2.45, 2.75) is 46.0 Å². The van der Waals surface area contributed by atoms with E-state index in [9.17, 15) is 0 Å². The second-order valence-electron chi connectivity index (χ2n) is 3.32. The van der Waals surface area contributed by atoms with Crippen LogP contribution in [0.4, 0.5) is 0 Å². The van der Waals surface area contributed by atoms with Gasteiger partial charge in [0.25, 0.3) is 0 Å². The zero-order valence-corrected chi connectivity index (χ0v) is 9.97. The zero-order valence-electron chi connectivity index (χ0n) is 9.97. The summed E-state index contributed by atoms with van der Waals surface area (Å²) in [6.07, 6.45) is 13.3. The van der Waals surface area contributed by atoms with Crippen molar-refractivity contribution < 1.29 is 0 Å². The van der Waals surface area contributed by atoms with Crippen LogP contribution in [0.1, 0.15) is 46.0 Å². The molecule has 0 heterocycles. The van der Waals surface area contributed by atoms with Gasteiger partial charge in [-0.3, -0.25) is 0 Å². The molecule has 1 N–H and O–H groups in total. The van der Waals surface area contributed by atoms with Gasteiger partial charge >= 0.3 is 0 Å². The fraction of sp³-hybridized carbons (Fsp3) is 0.692. The lowest BCUT2D eigenvalue weighted by Gasteiger charge is -2.06. The van der Waals surface area contributed by atoms with Gasteiger partial charge in [0, 0.05) is 0 Å². The first-order valence-corrected chi connectivity index (χ1v) is 5.93. The minimum absolute atomic E-state index is 1.15. The highest BCUT2D eigenvalue weighted by atomic mass is 14.8. The van der Waals surface area contributed by atoms with Crippen LogP contribution in [0, 0.1) is 0 Å². The Morgan fingerprint density at radius 2 is 2.00 bits per heavy atom. The fourth-order valence-corrected chi connectivity index (χ4v) is 1.48. The van der Waals surface area contributed by atoms with Crippen LogP contribution in [-0.4, -0.2) is 13.6 Å². The average Bonchev–Trinajstić information content (AvgIpc) is 2.29. The van der Waals surface area contributed by atoms with Gasteiger partial charge in [0.15, 0.2) is 0 Å². The topological polar surface area (TPSA) is 12.0 Å². The number of rotatable bonds is 5. The second-order valence-corrected chi connectivity index (χ2v) is 3.32. The van der Waals surface area contributed by atoms with Gasteiger partial charge in [-0.05, 0) is 45.7 Å². The van der Waals surface area contributed by atoms with E-state index in [1.165, 1.54) is 37.7 Å². The molecule has 0 fully saturated rings. The lowest BCUT2D eigenvalue weighted by atomic mass is 10.0. The van der Waals surface area contributed by atoms with E-state index in [2.05, 4.69) is 23.5 Å². The van der Waals surface area contributed by atoms with Crippen LogP contribution in [-0.2, 0) is 0 Å². The third-order valence-corrected chi connectivity index (χ3v) is 2.21. The molecule has 0 atom stereocenters. The monoisotopic (exact) mass is 195 g/mol. The molecule has 0 unspecified atom stereocenters. The van der Waals surface area contributed by atoms with Crippen molar-refractivity contribution in [2.75, 3.05) is 13.6 Å². The normalized spacial score (nSPS) is 14.4. The predicted molar refractivity (Wildman–Crippen MR) is 65.6 cm³/mol. The van der Waals surface area contributed by atoms with E-state index in [1.807, 2.05) is 20.9 Å². The molecule has 0 bridgehead atoms. The molecule has 0 saturated carbocycles. The zero-order chi connectivity index (χ0) is 10.6. The molecule has 0 saturated heterocycles. The van der Waals surface area contributed by atoms with Gasteiger partial charge in [0.1, 0.15) is 0 Å². The van der Waals surface area contributed by atoms with Crippen LogP contribution in [0.3, 0.4) is 0 Å². The number of allylic oxidation sites excluding steroid dienone is 4. The molecule has 0 aromatic heterocycles. The quantitative estimate of drug-likeness (QED) is 0.660. The minimum Gasteiger partial charge on any atom is -0.320 e. The Balaban J connectivity index is 0.000000791. The Kier molecular flexibility index (Phi) is 10.1. The van der Waals surface area contributed by atoms with E-state index < -0.39 is 0 Å². The van der Waals surface area contributed by atoms with Gasteiger partial charge < -0.3 is 5.32 Å². The number of nitrogens with one attached hydrogen (secondary N) is 1. The van der Waals surface area contributed by atoms with Gasteiger partial charge in [-0.1, -0.05) is 37.6 Å². The molecule has 82 valence electrons. The Bertz CT molecular complexity index is 168. The van der Waals surface area contributed by atoms with E-state index in [-0.39, 0.29) is 0 Å². The van der Waals surface area contributed by atoms with Gasteiger partial charge in [0.05, 0.1) is 0 Å². The van der Waals surface area contributed by atoms with Gasteiger partial charge in [0.2, 0.25) is 0 Å². The molecule has 0 spiro atoms.